The summed E-state index contributed by atoms with van der Waals surface area (Å²) in [5.41, 5.74) is 8.76. The summed E-state index contributed by atoms with van der Waals surface area (Å²) in [4.78, 5) is 0. The summed E-state index contributed by atoms with van der Waals surface area (Å²) in [6.45, 7) is 2.87. The number of aryl methyl sites for hydroxylation is 1. The first-order valence-electron chi connectivity index (χ1n) is 7.32. The fourth-order valence-corrected chi connectivity index (χ4v) is 2.16. The van der Waals surface area contributed by atoms with Crippen molar-refractivity contribution in [3.63, 3.8) is 0 Å². The largest absolute Gasteiger partial charge is 0.494 e. The van der Waals surface area contributed by atoms with Crippen LogP contribution < -0.4 is 10.5 Å². The van der Waals surface area contributed by atoms with Crippen molar-refractivity contribution >= 4 is 0 Å². The maximum Gasteiger partial charge on any atom is 0.119 e. The van der Waals surface area contributed by atoms with Crippen LogP contribution in [-0.2, 0) is 6.42 Å². The van der Waals surface area contributed by atoms with Gasteiger partial charge in [0, 0.05) is 6.04 Å². The molecule has 0 amide bonds. The van der Waals surface area contributed by atoms with Crippen molar-refractivity contribution in [1.82, 2.24) is 0 Å². The van der Waals surface area contributed by atoms with Gasteiger partial charge in [0.2, 0.25) is 0 Å². The molecule has 0 aliphatic heterocycles. The molecule has 20 heavy (non-hydrogen) atoms. The first-order chi connectivity index (χ1) is 9.79. The lowest BCUT2D eigenvalue weighted by Gasteiger charge is -2.13. The van der Waals surface area contributed by atoms with Crippen LogP contribution in [0.3, 0.4) is 0 Å². The predicted molar refractivity (Wildman–Crippen MR) is 83.9 cm³/mol. The molecule has 0 spiro atoms. The highest BCUT2D eigenvalue weighted by molar-refractivity contribution is 5.29. The molecule has 0 aliphatic rings. The molecule has 0 aromatic heterocycles. The van der Waals surface area contributed by atoms with E-state index in [4.69, 9.17) is 10.5 Å². The Hall–Kier alpha value is -1.80. The van der Waals surface area contributed by atoms with Gasteiger partial charge in [0.25, 0.3) is 0 Å². The maximum absolute atomic E-state index is 6.25. The Bertz CT molecular complexity index is 493. The summed E-state index contributed by atoms with van der Waals surface area (Å²) in [5.74, 6) is 0.922. The molecule has 2 heteroatoms. The number of rotatable bonds is 7. The maximum atomic E-state index is 6.25. The van der Waals surface area contributed by atoms with Crippen molar-refractivity contribution in [3.8, 4) is 5.75 Å². The first-order valence-corrected chi connectivity index (χ1v) is 7.32. The molecule has 0 aliphatic carbocycles. The van der Waals surface area contributed by atoms with Crippen molar-refractivity contribution in [3.05, 3.63) is 65.7 Å². The minimum atomic E-state index is 0.0791. The number of nitrogens with two attached hydrogens (primary N) is 1. The van der Waals surface area contributed by atoms with Gasteiger partial charge in [-0.1, -0.05) is 49.4 Å². The van der Waals surface area contributed by atoms with Crippen LogP contribution in [0.5, 0.6) is 5.75 Å². The van der Waals surface area contributed by atoms with E-state index in [1.807, 2.05) is 18.2 Å². The van der Waals surface area contributed by atoms with Crippen LogP contribution in [0.1, 0.15) is 36.9 Å². The Morgan fingerprint density at radius 1 is 1.00 bits per heavy atom. The zero-order chi connectivity index (χ0) is 14.2. The van der Waals surface area contributed by atoms with Crippen molar-refractivity contribution in [2.75, 3.05) is 6.61 Å². The highest BCUT2D eigenvalue weighted by Crippen LogP contribution is 2.20. The quantitative estimate of drug-likeness (QED) is 0.821. The van der Waals surface area contributed by atoms with Gasteiger partial charge in [-0.2, -0.15) is 0 Å². The lowest BCUT2D eigenvalue weighted by Crippen LogP contribution is -2.11. The highest BCUT2D eigenvalue weighted by atomic mass is 16.5. The number of hydrogen-bond donors (Lipinski definition) is 1. The third-order valence-corrected chi connectivity index (χ3v) is 3.37. The van der Waals surface area contributed by atoms with E-state index < -0.39 is 0 Å². The van der Waals surface area contributed by atoms with Crippen molar-refractivity contribution < 1.29 is 4.74 Å². The minimum Gasteiger partial charge on any atom is -0.494 e. The zero-order valence-corrected chi connectivity index (χ0v) is 12.1. The van der Waals surface area contributed by atoms with Gasteiger partial charge in [0.05, 0.1) is 6.61 Å². The summed E-state index contributed by atoms with van der Waals surface area (Å²) in [5, 5.41) is 0. The number of benzene rings is 2. The van der Waals surface area contributed by atoms with Crippen LogP contribution >= 0.6 is 0 Å². The van der Waals surface area contributed by atoms with Crippen LogP contribution in [0.15, 0.2) is 54.6 Å². The summed E-state index contributed by atoms with van der Waals surface area (Å²) in [6, 6.07) is 18.7. The lowest BCUT2D eigenvalue weighted by atomic mass is 10.00. The molecule has 0 heterocycles. The van der Waals surface area contributed by atoms with E-state index in [2.05, 4.69) is 43.3 Å². The molecule has 1 unspecified atom stereocenters. The monoisotopic (exact) mass is 269 g/mol. The van der Waals surface area contributed by atoms with E-state index in [0.29, 0.717) is 0 Å². The molecule has 1 atom stereocenters. The number of hydrogen-bond acceptors (Lipinski definition) is 2. The molecule has 106 valence electrons. The van der Waals surface area contributed by atoms with E-state index in [1.54, 1.807) is 0 Å². The fraction of sp³-hybridized carbons (Fsp3) is 0.333. The standard InChI is InChI=1S/C18H23NO/c1-2-14-20-17-11-9-16(10-12-17)18(19)13-8-15-6-4-3-5-7-15/h3-7,9-12,18H,2,8,13-14,19H2,1H3. The van der Waals surface area contributed by atoms with E-state index in [-0.39, 0.29) is 6.04 Å². The molecule has 0 bridgehead atoms. The second-order valence-corrected chi connectivity index (χ2v) is 5.05. The Morgan fingerprint density at radius 2 is 1.70 bits per heavy atom. The van der Waals surface area contributed by atoms with E-state index in [0.717, 1.165) is 31.6 Å². The van der Waals surface area contributed by atoms with Crippen LogP contribution in [0.25, 0.3) is 0 Å². The smallest absolute Gasteiger partial charge is 0.119 e. The SMILES string of the molecule is CCCOc1ccc(C(N)CCc2ccccc2)cc1. The van der Waals surface area contributed by atoms with Gasteiger partial charge in [-0.3, -0.25) is 0 Å². The number of ether oxygens (including phenoxy) is 1. The van der Waals surface area contributed by atoms with Crippen molar-refractivity contribution in [2.24, 2.45) is 5.73 Å². The summed E-state index contributed by atoms with van der Waals surface area (Å²) in [7, 11) is 0. The highest BCUT2D eigenvalue weighted by Gasteiger charge is 2.06. The second kappa shape index (κ2) is 7.71. The normalized spacial score (nSPS) is 12.1. The van der Waals surface area contributed by atoms with E-state index in [9.17, 15) is 0 Å². The van der Waals surface area contributed by atoms with Gasteiger partial charge >= 0.3 is 0 Å². The van der Waals surface area contributed by atoms with E-state index >= 15 is 0 Å². The third-order valence-electron chi connectivity index (χ3n) is 3.37. The first kappa shape index (κ1) is 14.6. The average molecular weight is 269 g/mol. The Balaban J connectivity index is 1.87. The molecular weight excluding hydrogens is 246 g/mol. The second-order valence-electron chi connectivity index (χ2n) is 5.05. The Labute approximate surface area is 121 Å². The Morgan fingerprint density at radius 3 is 2.35 bits per heavy atom. The van der Waals surface area contributed by atoms with Gasteiger partial charge in [-0.05, 0) is 42.5 Å². The molecular formula is C18H23NO. The summed E-state index contributed by atoms with van der Waals surface area (Å²) in [6.07, 6.45) is 2.99. The molecule has 0 fully saturated rings. The van der Waals surface area contributed by atoms with Crippen LogP contribution in [0.2, 0.25) is 0 Å². The van der Waals surface area contributed by atoms with Gasteiger partial charge in [-0.25, -0.2) is 0 Å². The topological polar surface area (TPSA) is 35.2 Å². The van der Waals surface area contributed by atoms with Crippen molar-refractivity contribution in [1.29, 1.82) is 0 Å². The zero-order valence-electron chi connectivity index (χ0n) is 12.1. The van der Waals surface area contributed by atoms with E-state index in [1.165, 1.54) is 11.1 Å². The van der Waals surface area contributed by atoms with Crippen molar-refractivity contribution in [2.45, 2.75) is 32.2 Å². The minimum absolute atomic E-state index is 0.0791. The fourth-order valence-electron chi connectivity index (χ4n) is 2.16. The lowest BCUT2D eigenvalue weighted by molar-refractivity contribution is 0.317. The summed E-state index contributed by atoms with van der Waals surface area (Å²) >= 11 is 0. The molecule has 2 nitrogen and oxygen atoms in total. The molecule has 0 saturated carbocycles. The molecule has 2 rings (SSSR count). The van der Waals surface area contributed by atoms with Gasteiger partial charge < -0.3 is 10.5 Å². The van der Waals surface area contributed by atoms with Crippen LogP contribution in [-0.4, -0.2) is 6.61 Å². The molecule has 2 aromatic carbocycles. The average Bonchev–Trinajstić information content (AvgIpc) is 2.52. The molecule has 2 aromatic rings. The Kier molecular flexibility index (Phi) is 5.63. The molecule has 0 radical (unpaired) electrons. The molecule has 0 saturated heterocycles. The van der Waals surface area contributed by atoms with Crippen LogP contribution in [0, 0.1) is 0 Å². The van der Waals surface area contributed by atoms with Gasteiger partial charge in [0.1, 0.15) is 5.75 Å². The molecule has 2 N–H and O–H groups in total. The third kappa shape index (κ3) is 4.39. The summed E-state index contributed by atoms with van der Waals surface area (Å²) < 4.78 is 5.58. The van der Waals surface area contributed by atoms with Gasteiger partial charge in [0.15, 0.2) is 0 Å². The van der Waals surface area contributed by atoms with Crippen LogP contribution in [0.4, 0.5) is 0 Å². The van der Waals surface area contributed by atoms with Gasteiger partial charge in [-0.15, -0.1) is 0 Å². The predicted octanol–water partition coefficient (Wildman–Crippen LogP) is 4.11.